The van der Waals surface area contributed by atoms with Gasteiger partial charge in [-0.3, -0.25) is 0 Å². The number of benzene rings is 1. The number of aryl methyl sites for hydroxylation is 1. The van der Waals surface area contributed by atoms with E-state index in [9.17, 15) is 13.2 Å². The molecule has 0 amide bonds. The second-order valence-electron chi connectivity index (χ2n) is 4.20. The minimum absolute atomic E-state index is 0.0157. The zero-order valence-corrected chi connectivity index (χ0v) is 12.1. The minimum Gasteiger partial charge on any atom is -0.461 e. The topological polar surface area (TPSA) is 91.4 Å². The molecule has 6 nitrogen and oxygen atoms in total. The Hall–Kier alpha value is -1.86. The van der Waals surface area contributed by atoms with Crippen molar-refractivity contribution in [2.75, 3.05) is 6.61 Å². The molecule has 1 heterocycles. The van der Waals surface area contributed by atoms with Gasteiger partial charge in [0.15, 0.2) is 0 Å². The van der Waals surface area contributed by atoms with Crippen LogP contribution >= 0.6 is 0 Å². The number of esters is 1. The Morgan fingerprint density at radius 1 is 1.30 bits per heavy atom. The smallest absolute Gasteiger partial charge is 0.356 e. The number of hydrogen-bond donors (Lipinski definition) is 1. The molecule has 2 aromatic rings. The number of carbonyl (C=O) groups is 1. The lowest BCUT2D eigenvalue weighted by molar-refractivity contribution is 0.0510. The molecule has 0 saturated heterocycles. The van der Waals surface area contributed by atoms with E-state index in [1.807, 2.05) is 6.92 Å². The highest BCUT2D eigenvalue weighted by molar-refractivity contribution is 7.89. The van der Waals surface area contributed by atoms with Gasteiger partial charge in [0.1, 0.15) is 10.6 Å². The molecule has 2 N–H and O–H groups in total. The Kier molecular flexibility index (Phi) is 3.82. The van der Waals surface area contributed by atoms with Crippen molar-refractivity contribution in [3.05, 3.63) is 30.0 Å². The number of ether oxygens (including phenoxy) is 1. The molecular weight excluding hydrogens is 280 g/mol. The van der Waals surface area contributed by atoms with E-state index >= 15 is 0 Å². The predicted octanol–water partition coefficient (Wildman–Crippen LogP) is 1.49. The Bertz CT molecular complexity index is 762. The summed E-state index contributed by atoms with van der Waals surface area (Å²) in [5.41, 5.74) is 0.625. The first-order valence-corrected chi connectivity index (χ1v) is 7.77. The van der Waals surface area contributed by atoms with Crippen molar-refractivity contribution in [2.24, 2.45) is 5.14 Å². The van der Waals surface area contributed by atoms with Gasteiger partial charge in [-0.15, -0.1) is 0 Å². The maximum absolute atomic E-state index is 12.1. The Morgan fingerprint density at radius 3 is 2.50 bits per heavy atom. The molecule has 0 atom stereocenters. The van der Waals surface area contributed by atoms with Gasteiger partial charge in [-0.25, -0.2) is 18.4 Å². The van der Waals surface area contributed by atoms with Crippen molar-refractivity contribution >= 4 is 26.9 Å². The van der Waals surface area contributed by atoms with Gasteiger partial charge in [-0.05, 0) is 19.9 Å². The second kappa shape index (κ2) is 5.26. The van der Waals surface area contributed by atoms with E-state index in [1.54, 1.807) is 35.8 Å². The van der Waals surface area contributed by atoms with Crippen molar-refractivity contribution < 1.29 is 17.9 Å². The molecular formula is C13H16N2O4S. The van der Waals surface area contributed by atoms with Gasteiger partial charge in [-0.1, -0.05) is 18.2 Å². The van der Waals surface area contributed by atoms with Crippen LogP contribution in [0.4, 0.5) is 0 Å². The fourth-order valence-electron chi connectivity index (χ4n) is 2.29. The van der Waals surface area contributed by atoms with E-state index < -0.39 is 16.0 Å². The molecule has 2 rings (SSSR count). The van der Waals surface area contributed by atoms with Crippen LogP contribution < -0.4 is 5.14 Å². The quantitative estimate of drug-likeness (QED) is 0.865. The van der Waals surface area contributed by atoms with E-state index in [0.717, 1.165) is 0 Å². The fourth-order valence-corrected chi connectivity index (χ4v) is 3.23. The van der Waals surface area contributed by atoms with Crippen LogP contribution in [0.3, 0.4) is 0 Å². The molecule has 0 unspecified atom stereocenters. The van der Waals surface area contributed by atoms with Gasteiger partial charge in [0.05, 0.1) is 12.1 Å². The number of fused-ring (bicyclic) bond motifs is 1. The van der Waals surface area contributed by atoms with Crippen molar-refractivity contribution in [1.29, 1.82) is 0 Å². The number of primary sulfonamides is 1. The highest BCUT2D eigenvalue weighted by Gasteiger charge is 2.29. The number of hydrogen-bond acceptors (Lipinski definition) is 4. The lowest BCUT2D eigenvalue weighted by atomic mass is 10.2. The summed E-state index contributed by atoms with van der Waals surface area (Å²) in [7, 11) is -4.03. The van der Waals surface area contributed by atoms with E-state index in [2.05, 4.69) is 0 Å². The zero-order valence-electron chi connectivity index (χ0n) is 11.3. The molecule has 0 fully saturated rings. The molecule has 0 saturated carbocycles. The third-order valence-electron chi connectivity index (χ3n) is 2.99. The zero-order chi connectivity index (χ0) is 14.9. The summed E-state index contributed by atoms with van der Waals surface area (Å²) in [6.45, 7) is 4.08. The van der Waals surface area contributed by atoms with Gasteiger partial charge in [0.2, 0.25) is 10.0 Å². The molecule has 0 aliphatic heterocycles. The van der Waals surface area contributed by atoms with E-state index in [-0.39, 0.29) is 17.2 Å². The number of rotatable bonds is 4. The van der Waals surface area contributed by atoms with Crippen LogP contribution in [0.1, 0.15) is 24.3 Å². The monoisotopic (exact) mass is 296 g/mol. The van der Waals surface area contributed by atoms with E-state index in [1.165, 1.54) is 0 Å². The number of nitrogens with zero attached hydrogens (tertiary/aromatic N) is 1. The third kappa shape index (κ3) is 2.30. The lowest BCUT2D eigenvalue weighted by Gasteiger charge is -2.08. The summed E-state index contributed by atoms with van der Waals surface area (Å²) >= 11 is 0. The summed E-state index contributed by atoms with van der Waals surface area (Å²) in [4.78, 5) is 11.9. The molecule has 108 valence electrons. The minimum atomic E-state index is -4.03. The number of aromatic nitrogens is 1. The van der Waals surface area contributed by atoms with E-state index in [4.69, 9.17) is 9.88 Å². The molecule has 0 aliphatic rings. The average Bonchev–Trinajstić information content (AvgIpc) is 2.73. The first kappa shape index (κ1) is 14.5. The number of nitrogens with two attached hydrogens (primary N) is 1. The number of carbonyl (C=O) groups excluding carboxylic acids is 1. The van der Waals surface area contributed by atoms with Crippen LogP contribution in [0.2, 0.25) is 0 Å². The highest BCUT2D eigenvalue weighted by atomic mass is 32.2. The third-order valence-corrected chi connectivity index (χ3v) is 3.98. The van der Waals surface area contributed by atoms with Crippen molar-refractivity contribution in [3.63, 3.8) is 0 Å². The molecule has 7 heteroatoms. The Morgan fingerprint density at radius 2 is 1.95 bits per heavy atom. The molecule has 20 heavy (non-hydrogen) atoms. The molecule has 0 aliphatic carbocycles. The van der Waals surface area contributed by atoms with E-state index in [0.29, 0.717) is 17.4 Å². The molecule has 0 spiro atoms. The second-order valence-corrected chi connectivity index (χ2v) is 5.70. The van der Waals surface area contributed by atoms with Crippen molar-refractivity contribution in [2.45, 2.75) is 25.3 Å². The predicted molar refractivity (Wildman–Crippen MR) is 74.9 cm³/mol. The van der Waals surface area contributed by atoms with Gasteiger partial charge in [-0.2, -0.15) is 0 Å². The maximum Gasteiger partial charge on any atom is 0.356 e. The normalized spacial score (nSPS) is 11.8. The number of sulfonamides is 1. The van der Waals surface area contributed by atoms with Crippen LogP contribution in [-0.2, 0) is 21.3 Å². The van der Waals surface area contributed by atoms with Crippen LogP contribution in [0.25, 0.3) is 10.9 Å². The number of para-hydroxylation sites is 1. The Balaban J connectivity index is 2.92. The summed E-state index contributed by atoms with van der Waals surface area (Å²) in [6.07, 6.45) is 0. The summed E-state index contributed by atoms with van der Waals surface area (Å²) < 4.78 is 30.3. The molecule has 0 bridgehead atoms. The van der Waals surface area contributed by atoms with Crippen LogP contribution in [0.15, 0.2) is 29.2 Å². The van der Waals surface area contributed by atoms with Gasteiger partial charge < -0.3 is 9.30 Å². The summed E-state index contributed by atoms with van der Waals surface area (Å²) in [5.74, 6) is -0.686. The Labute approximate surface area is 117 Å². The fraction of sp³-hybridized carbons (Fsp3) is 0.308. The molecule has 1 aromatic heterocycles. The van der Waals surface area contributed by atoms with Crippen molar-refractivity contribution in [1.82, 2.24) is 4.57 Å². The first-order chi connectivity index (χ1) is 9.41. The first-order valence-electron chi connectivity index (χ1n) is 6.23. The summed E-state index contributed by atoms with van der Waals surface area (Å²) in [6, 6.07) is 6.85. The molecule has 0 radical (unpaired) electrons. The average molecular weight is 296 g/mol. The van der Waals surface area contributed by atoms with Crippen LogP contribution in [0.5, 0.6) is 0 Å². The highest BCUT2D eigenvalue weighted by Crippen LogP contribution is 2.30. The van der Waals surface area contributed by atoms with Crippen molar-refractivity contribution in [3.8, 4) is 0 Å². The van der Waals surface area contributed by atoms with Crippen LogP contribution in [-0.4, -0.2) is 25.6 Å². The van der Waals surface area contributed by atoms with Crippen LogP contribution in [0, 0.1) is 0 Å². The lowest BCUT2D eigenvalue weighted by Crippen LogP contribution is -2.19. The largest absolute Gasteiger partial charge is 0.461 e. The van der Waals surface area contributed by atoms with Gasteiger partial charge >= 0.3 is 5.97 Å². The molecule has 1 aromatic carbocycles. The van der Waals surface area contributed by atoms with Gasteiger partial charge in [0.25, 0.3) is 0 Å². The maximum atomic E-state index is 12.1. The standard InChI is InChI=1S/C13H16N2O4S/c1-3-15-10-8-6-5-7-9(10)12(20(14,17)18)11(15)13(16)19-4-2/h5-8H,3-4H2,1-2H3,(H2,14,17,18). The van der Waals surface area contributed by atoms with Gasteiger partial charge in [0, 0.05) is 11.9 Å². The summed E-state index contributed by atoms with van der Waals surface area (Å²) in [5, 5.41) is 5.71. The SMILES string of the molecule is CCOC(=O)c1c(S(N)(=O)=O)c2ccccc2n1CC.